The van der Waals surface area contributed by atoms with Gasteiger partial charge in [0.05, 0.1) is 0 Å². The number of aryl methyl sites for hydroxylation is 1. The SMILES string of the molecule is CCCCCc1c(CC)cc([O-])c([O-])c1CCC.[Ni+2]. The molecule has 2 nitrogen and oxygen atoms in total. The number of rotatable bonds is 7. The van der Waals surface area contributed by atoms with Crippen molar-refractivity contribution in [3.8, 4) is 11.5 Å². The van der Waals surface area contributed by atoms with Gasteiger partial charge in [-0.1, -0.05) is 51.7 Å². The molecule has 1 aromatic rings. The first kappa shape index (κ1) is 18.3. The Balaban J connectivity index is 0.00000324. The van der Waals surface area contributed by atoms with Crippen molar-refractivity contribution in [3.05, 3.63) is 22.8 Å². The van der Waals surface area contributed by atoms with Crippen LogP contribution in [0, 0.1) is 0 Å². The molecule has 19 heavy (non-hydrogen) atoms. The van der Waals surface area contributed by atoms with Crippen molar-refractivity contribution in [2.45, 2.75) is 65.7 Å². The van der Waals surface area contributed by atoms with Gasteiger partial charge in [0.25, 0.3) is 0 Å². The van der Waals surface area contributed by atoms with Gasteiger partial charge in [0.1, 0.15) is 0 Å². The molecule has 0 saturated heterocycles. The van der Waals surface area contributed by atoms with Crippen molar-refractivity contribution in [2.24, 2.45) is 0 Å². The summed E-state index contributed by atoms with van der Waals surface area (Å²) in [5.41, 5.74) is 3.04. The maximum Gasteiger partial charge on any atom is 2.00 e. The molecule has 0 aromatic heterocycles. The third kappa shape index (κ3) is 4.72. The van der Waals surface area contributed by atoms with E-state index >= 15 is 0 Å². The Morgan fingerprint density at radius 1 is 0.895 bits per heavy atom. The molecule has 0 N–H and O–H groups in total. The van der Waals surface area contributed by atoms with Crippen molar-refractivity contribution >= 4 is 0 Å². The average molecular weight is 307 g/mol. The molecule has 1 rings (SSSR count). The van der Waals surface area contributed by atoms with Crippen molar-refractivity contribution in [3.63, 3.8) is 0 Å². The molecule has 110 valence electrons. The summed E-state index contributed by atoms with van der Waals surface area (Å²) in [6.07, 6.45) is 6.91. The topological polar surface area (TPSA) is 46.1 Å². The first-order valence-electron chi connectivity index (χ1n) is 7.17. The van der Waals surface area contributed by atoms with E-state index in [1.54, 1.807) is 6.07 Å². The largest absolute Gasteiger partial charge is 2.00 e. The fraction of sp³-hybridized carbons (Fsp3) is 0.625. The number of benzene rings is 1. The molecule has 0 bridgehead atoms. The van der Waals surface area contributed by atoms with Crippen LogP contribution in [0.5, 0.6) is 11.5 Å². The molecule has 0 atom stereocenters. The Labute approximate surface area is 127 Å². The molecule has 0 aliphatic carbocycles. The summed E-state index contributed by atoms with van der Waals surface area (Å²) in [7, 11) is 0. The van der Waals surface area contributed by atoms with Gasteiger partial charge in [-0.3, -0.25) is 0 Å². The first-order valence-corrected chi connectivity index (χ1v) is 7.17. The van der Waals surface area contributed by atoms with Crippen LogP contribution in [-0.2, 0) is 35.8 Å². The summed E-state index contributed by atoms with van der Waals surface area (Å²) in [5.74, 6) is -0.588. The van der Waals surface area contributed by atoms with E-state index in [2.05, 4.69) is 20.8 Å². The van der Waals surface area contributed by atoms with Crippen LogP contribution in [0.2, 0.25) is 0 Å². The van der Waals surface area contributed by atoms with Crippen LogP contribution in [0.1, 0.15) is 63.1 Å². The second-order valence-electron chi connectivity index (χ2n) is 4.88. The normalized spacial score (nSPS) is 10.3. The molecule has 0 unspecified atom stereocenters. The predicted octanol–water partition coefficient (Wildman–Crippen LogP) is 3.08. The molecular formula is C16H24NiO2. The zero-order chi connectivity index (χ0) is 13.5. The van der Waals surface area contributed by atoms with Gasteiger partial charge in [-0.05, 0) is 36.8 Å². The van der Waals surface area contributed by atoms with Crippen molar-refractivity contribution in [1.29, 1.82) is 0 Å². The minimum atomic E-state index is -0.324. The molecule has 1 aromatic carbocycles. The minimum Gasteiger partial charge on any atom is -0.873 e. The maximum atomic E-state index is 12.0. The second kappa shape index (κ2) is 9.25. The fourth-order valence-electron chi connectivity index (χ4n) is 2.48. The standard InChI is InChI=1S/C16H26O2.Ni/c1-4-7-8-10-13-12(6-3)11-15(17)16(18)14(13)9-5-2;/h11,17-18H,4-10H2,1-3H3;/q;+2/p-2. The minimum absolute atomic E-state index is 0. The number of hydrogen-bond acceptors (Lipinski definition) is 2. The van der Waals surface area contributed by atoms with E-state index in [1.807, 2.05) is 0 Å². The van der Waals surface area contributed by atoms with Crippen LogP contribution in [0.15, 0.2) is 6.07 Å². The predicted molar refractivity (Wildman–Crippen MR) is 71.9 cm³/mol. The molecule has 0 fully saturated rings. The summed E-state index contributed by atoms with van der Waals surface area (Å²) in [6.45, 7) is 6.28. The number of hydrogen-bond donors (Lipinski definition) is 0. The quantitative estimate of drug-likeness (QED) is 0.574. The van der Waals surface area contributed by atoms with Gasteiger partial charge in [-0.2, -0.15) is 0 Å². The van der Waals surface area contributed by atoms with E-state index in [1.165, 1.54) is 12.8 Å². The Kier molecular flexibility index (Phi) is 8.92. The van der Waals surface area contributed by atoms with Crippen LogP contribution in [0.25, 0.3) is 0 Å². The van der Waals surface area contributed by atoms with Gasteiger partial charge in [0.15, 0.2) is 0 Å². The smallest absolute Gasteiger partial charge is 0.873 e. The zero-order valence-corrected chi connectivity index (χ0v) is 13.1. The number of unbranched alkanes of at least 4 members (excludes halogenated alkanes) is 2. The fourth-order valence-corrected chi connectivity index (χ4v) is 2.48. The van der Waals surface area contributed by atoms with E-state index < -0.39 is 0 Å². The van der Waals surface area contributed by atoms with Crippen molar-refractivity contribution in [2.75, 3.05) is 0 Å². The van der Waals surface area contributed by atoms with E-state index in [0.29, 0.717) is 0 Å². The van der Waals surface area contributed by atoms with Crippen molar-refractivity contribution < 1.29 is 26.7 Å². The van der Waals surface area contributed by atoms with Gasteiger partial charge in [-0.15, -0.1) is 11.5 Å². The van der Waals surface area contributed by atoms with Crippen LogP contribution in [0.4, 0.5) is 0 Å². The molecule has 0 spiro atoms. The van der Waals surface area contributed by atoms with E-state index in [4.69, 9.17) is 0 Å². The Bertz CT molecular complexity index is 389. The van der Waals surface area contributed by atoms with Gasteiger partial charge >= 0.3 is 16.5 Å². The average Bonchev–Trinajstić information content (AvgIpc) is 2.37. The molecule has 3 heteroatoms. The van der Waals surface area contributed by atoms with Gasteiger partial charge in [0.2, 0.25) is 0 Å². The van der Waals surface area contributed by atoms with E-state index in [0.717, 1.165) is 48.8 Å². The van der Waals surface area contributed by atoms with E-state index in [-0.39, 0.29) is 28.0 Å². The molecular weight excluding hydrogens is 283 g/mol. The Hall–Kier alpha value is -0.686. The third-order valence-electron chi connectivity index (χ3n) is 3.47. The Morgan fingerprint density at radius 3 is 2.11 bits per heavy atom. The Morgan fingerprint density at radius 2 is 1.58 bits per heavy atom. The molecule has 0 aliphatic heterocycles. The summed E-state index contributed by atoms with van der Waals surface area (Å²) in [5, 5.41) is 23.6. The van der Waals surface area contributed by atoms with Crippen LogP contribution in [0.3, 0.4) is 0 Å². The molecule has 0 radical (unpaired) electrons. The van der Waals surface area contributed by atoms with Gasteiger partial charge < -0.3 is 10.2 Å². The first-order chi connectivity index (χ1) is 8.65. The summed E-state index contributed by atoms with van der Waals surface area (Å²) >= 11 is 0. The molecule has 0 saturated carbocycles. The molecule has 0 amide bonds. The van der Waals surface area contributed by atoms with E-state index in [9.17, 15) is 10.2 Å². The van der Waals surface area contributed by atoms with Crippen molar-refractivity contribution in [1.82, 2.24) is 0 Å². The molecule has 0 heterocycles. The monoisotopic (exact) mass is 306 g/mol. The molecule has 0 aliphatic rings. The summed E-state index contributed by atoms with van der Waals surface area (Å²) < 4.78 is 0. The summed E-state index contributed by atoms with van der Waals surface area (Å²) in [6, 6.07) is 1.56. The van der Waals surface area contributed by atoms with Crippen LogP contribution in [-0.4, -0.2) is 0 Å². The zero-order valence-electron chi connectivity index (χ0n) is 12.2. The third-order valence-corrected chi connectivity index (χ3v) is 3.47. The van der Waals surface area contributed by atoms with Gasteiger partial charge in [-0.25, -0.2) is 0 Å². The summed E-state index contributed by atoms with van der Waals surface area (Å²) in [4.78, 5) is 0. The van der Waals surface area contributed by atoms with Crippen LogP contribution < -0.4 is 10.2 Å². The van der Waals surface area contributed by atoms with Crippen LogP contribution >= 0.6 is 0 Å². The maximum absolute atomic E-state index is 12.0. The second-order valence-corrected chi connectivity index (χ2v) is 4.88. The van der Waals surface area contributed by atoms with Gasteiger partial charge in [0, 0.05) is 0 Å².